The zero-order valence-corrected chi connectivity index (χ0v) is 23.1. The highest BCUT2D eigenvalue weighted by molar-refractivity contribution is 6.30. The van der Waals surface area contributed by atoms with Crippen LogP contribution in [0.25, 0.3) is 0 Å². The van der Waals surface area contributed by atoms with Gasteiger partial charge in [-0.2, -0.15) is 0 Å². The fraction of sp³-hybridized carbons (Fsp3) is 0.212. The normalized spacial score (nSPS) is 11.5. The van der Waals surface area contributed by atoms with Crippen molar-refractivity contribution in [3.05, 3.63) is 136 Å². The Bertz CT molecular complexity index is 1380. The lowest BCUT2D eigenvalue weighted by molar-refractivity contribution is -0.140. The van der Waals surface area contributed by atoms with Crippen molar-refractivity contribution < 1.29 is 18.7 Å². The van der Waals surface area contributed by atoms with E-state index in [1.165, 1.54) is 12.1 Å². The molecule has 7 heteroatoms. The van der Waals surface area contributed by atoms with Gasteiger partial charge in [-0.1, -0.05) is 78.3 Å². The van der Waals surface area contributed by atoms with E-state index >= 15 is 0 Å². The Morgan fingerprint density at radius 1 is 0.825 bits per heavy atom. The molecule has 1 atom stereocenters. The van der Waals surface area contributed by atoms with E-state index in [4.69, 9.17) is 16.3 Å². The third-order valence-corrected chi connectivity index (χ3v) is 6.93. The first-order valence-corrected chi connectivity index (χ1v) is 13.5. The second kappa shape index (κ2) is 14.3. The van der Waals surface area contributed by atoms with Gasteiger partial charge in [0.15, 0.2) is 0 Å². The fourth-order valence-corrected chi connectivity index (χ4v) is 4.58. The number of rotatable bonds is 12. The van der Waals surface area contributed by atoms with Crippen molar-refractivity contribution in [1.82, 2.24) is 10.2 Å². The first-order valence-electron chi connectivity index (χ1n) is 13.1. The highest BCUT2D eigenvalue weighted by atomic mass is 35.5. The van der Waals surface area contributed by atoms with Gasteiger partial charge in [-0.15, -0.1) is 0 Å². The summed E-state index contributed by atoms with van der Waals surface area (Å²) in [5.41, 5.74) is 3.51. The van der Waals surface area contributed by atoms with Gasteiger partial charge >= 0.3 is 0 Å². The number of hydrogen-bond acceptors (Lipinski definition) is 3. The summed E-state index contributed by atoms with van der Waals surface area (Å²) in [6, 6.07) is 29.6. The molecule has 0 aliphatic heterocycles. The molecule has 2 amide bonds. The molecule has 0 aliphatic carbocycles. The quantitative estimate of drug-likeness (QED) is 0.231. The maximum Gasteiger partial charge on any atom is 0.243 e. The lowest BCUT2D eigenvalue weighted by Gasteiger charge is -2.32. The summed E-state index contributed by atoms with van der Waals surface area (Å²) >= 11 is 6.04. The summed E-state index contributed by atoms with van der Waals surface area (Å²) in [7, 11) is 1.62. The van der Waals surface area contributed by atoms with E-state index in [1.54, 1.807) is 48.4 Å². The number of hydrogen-bond donors (Lipinski definition) is 1. The number of amides is 2. The fourth-order valence-electron chi connectivity index (χ4n) is 4.46. The van der Waals surface area contributed by atoms with Gasteiger partial charge < -0.3 is 15.0 Å². The van der Waals surface area contributed by atoms with E-state index in [-0.39, 0.29) is 30.6 Å². The monoisotopic (exact) mass is 558 g/mol. The van der Waals surface area contributed by atoms with Gasteiger partial charge in [0.05, 0.1) is 13.5 Å². The number of halogens is 2. The second-order valence-electron chi connectivity index (χ2n) is 9.55. The molecule has 0 heterocycles. The maximum atomic E-state index is 13.8. The molecule has 4 aromatic rings. The Hall–Kier alpha value is -4.16. The number of methoxy groups -OCH3 is 1. The van der Waals surface area contributed by atoms with Crippen molar-refractivity contribution >= 4 is 23.4 Å². The standard InChI is InChI=1S/C33H32ClFN2O3/c1-40-30-17-11-24(12-18-30)19-20-36-33(39)31(21-25-5-3-2-4-6-25)37(23-27-9-15-29(35)16-10-27)32(38)22-26-7-13-28(34)14-8-26/h2-18,31H,19-23H2,1H3,(H,36,39)/t31-/m1/s1. The lowest BCUT2D eigenvalue weighted by Crippen LogP contribution is -2.51. The van der Waals surface area contributed by atoms with Crippen LogP contribution in [0.15, 0.2) is 103 Å². The third-order valence-electron chi connectivity index (χ3n) is 6.68. The molecule has 0 aromatic heterocycles. The van der Waals surface area contributed by atoms with E-state index < -0.39 is 6.04 Å². The molecule has 4 rings (SSSR count). The maximum absolute atomic E-state index is 13.8. The smallest absolute Gasteiger partial charge is 0.243 e. The molecule has 0 fully saturated rings. The van der Waals surface area contributed by atoms with Crippen LogP contribution < -0.4 is 10.1 Å². The number of ether oxygens (including phenoxy) is 1. The molecule has 0 saturated heterocycles. The molecular formula is C33H32ClFN2O3. The number of nitrogens with zero attached hydrogens (tertiary/aromatic N) is 1. The van der Waals surface area contributed by atoms with E-state index in [0.29, 0.717) is 24.4 Å². The van der Waals surface area contributed by atoms with Crippen LogP contribution in [-0.4, -0.2) is 36.4 Å². The highest BCUT2D eigenvalue weighted by Crippen LogP contribution is 2.18. The average molecular weight is 559 g/mol. The van der Waals surface area contributed by atoms with Crippen LogP contribution in [0.5, 0.6) is 5.75 Å². The minimum atomic E-state index is -0.775. The van der Waals surface area contributed by atoms with Crippen molar-refractivity contribution in [1.29, 1.82) is 0 Å². The van der Waals surface area contributed by atoms with Crippen LogP contribution in [0.4, 0.5) is 4.39 Å². The molecule has 1 N–H and O–H groups in total. The van der Waals surface area contributed by atoms with Crippen LogP contribution in [-0.2, 0) is 35.4 Å². The molecule has 0 unspecified atom stereocenters. The van der Waals surface area contributed by atoms with Crippen LogP contribution in [0.3, 0.4) is 0 Å². The van der Waals surface area contributed by atoms with E-state index in [1.807, 2.05) is 54.6 Å². The molecule has 0 radical (unpaired) electrons. The molecule has 0 bridgehead atoms. The molecule has 5 nitrogen and oxygen atoms in total. The summed E-state index contributed by atoms with van der Waals surface area (Å²) in [6.07, 6.45) is 1.07. The van der Waals surface area contributed by atoms with Gasteiger partial charge in [0.1, 0.15) is 17.6 Å². The van der Waals surface area contributed by atoms with Crippen molar-refractivity contribution in [3.8, 4) is 5.75 Å². The highest BCUT2D eigenvalue weighted by Gasteiger charge is 2.30. The summed E-state index contributed by atoms with van der Waals surface area (Å²) in [4.78, 5) is 29.1. The average Bonchev–Trinajstić information content (AvgIpc) is 2.98. The minimum Gasteiger partial charge on any atom is -0.497 e. The predicted octanol–water partition coefficient (Wildman–Crippen LogP) is 6.03. The zero-order valence-electron chi connectivity index (χ0n) is 22.4. The number of carbonyl (C=O) groups is 2. The Labute approximate surface area is 239 Å². The summed E-state index contributed by atoms with van der Waals surface area (Å²) in [5.74, 6) is -0.0481. The van der Waals surface area contributed by atoms with E-state index in [2.05, 4.69) is 5.32 Å². The number of nitrogens with one attached hydrogen (secondary N) is 1. The molecule has 4 aromatic carbocycles. The minimum absolute atomic E-state index is 0.1000. The van der Waals surface area contributed by atoms with Crippen LogP contribution >= 0.6 is 11.6 Å². The molecule has 40 heavy (non-hydrogen) atoms. The van der Waals surface area contributed by atoms with E-state index in [0.717, 1.165) is 28.0 Å². The SMILES string of the molecule is COc1ccc(CCNC(=O)[C@@H](Cc2ccccc2)N(Cc2ccc(F)cc2)C(=O)Cc2ccc(Cl)cc2)cc1. The third kappa shape index (κ3) is 8.42. The Morgan fingerprint density at radius 3 is 2.10 bits per heavy atom. The first-order chi connectivity index (χ1) is 19.4. The van der Waals surface area contributed by atoms with Crippen molar-refractivity contribution in [3.63, 3.8) is 0 Å². The van der Waals surface area contributed by atoms with Crippen molar-refractivity contribution in [2.75, 3.05) is 13.7 Å². The number of benzene rings is 4. The van der Waals surface area contributed by atoms with Gasteiger partial charge in [-0.3, -0.25) is 9.59 Å². The van der Waals surface area contributed by atoms with Crippen LogP contribution in [0, 0.1) is 5.82 Å². The zero-order chi connectivity index (χ0) is 28.3. The van der Waals surface area contributed by atoms with Gasteiger partial charge in [0.2, 0.25) is 11.8 Å². The molecule has 206 valence electrons. The Morgan fingerprint density at radius 2 is 1.45 bits per heavy atom. The van der Waals surface area contributed by atoms with Gasteiger partial charge in [-0.25, -0.2) is 4.39 Å². The Balaban J connectivity index is 1.58. The topological polar surface area (TPSA) is 58.6 Å². The lowest BCUT2D eigenvalue weighted by atomic mass is 10.0. The summed E-state index contributed by atoms with van der Waals surface area (Å²) < 4.78 is 18.9. The molecular weight excluding hydrogens is 527 g/mol. The van der Waals surface area contributed by atoms with Crippen molar-refractivity contribution in [2.24, 2.45) is 0 Å². The van der Waals surface area contributed by atoms with Crippen LogP contribution in [0.1, 0.15) is 22.3 Å². The second-order valence-corrected chi connectivity index (χ2v) is 9.98. The first kappa shape index (κ1) is 28.8. The van der Waals surface area contributed by atoms with E-state index in [9.17, 15) is 14.0 Å². The van der Waals surface area contributed by atoms with Crippen molar-refractivity contribution in [2.45, 2.75) is 31.8 Å². The van der Waals surface area contributed by atoms with Gasteiger partial charge in [-0.05, 0) is 65.1 Å². The molecule has 0 spiro atoms. The van der Waals surface area contributed by atoms with Gasteiger partial charge in [0.25, 0.3) is 0 Å². The predicted molar refractivity (Wildman–Crippen MR) is 156 cm³/mol. The largest absolute Gasteiger partial charge is 0.497 e. The molecule has 0 aliphatic rings. The van der Waals surface area contributed by atoms with Gasteiger partial charge in [0, 0.05) is 24.5 Å². The molecule has 0 saturated carbocycles. The summed E-state index contributed by atoms with van der Waals surface area (Å²) in [6.45, 7) is 0.572. The summed E-state index contributed by atoms with van der Waals surface area (Å²) in [5, 5.41) is 3.62. The van der Waals surface area contributed by atoms with Crippen LogP contribution in [0.2, 0.25) is 5.02 Å². The Kier molecular flexibility index (Phi) is 10.3. The number of carbonyl (C=O) groups excluding carboxylic acids is 2.